The minimum Gasteiger partial charge on any atom is -0.497 e. The molecule has 34 heavy (non-hydrogen) atoms. The molecule has 0 radical (unpaired) electrons. The van der Waals surface area contributed by atoms with Crippen molar-refractivity contribution in [2.24, 2.45) is 0 Å². The maximum Gasteiger partial charge on any atom is 0.308 e. The van der Waals surface area contributed by atoms with E-state index in [1.54, 1.807) is 43.6 Å². The summed E-state index contributed by atoms with van der Waals surface area (Å²) in [6.07, 6.45) is 1.68. The lowest BCUT2D eigenvalue weighted by molar-refractivity contribution is -0.156. The average Bonchev–Trinajstić information content (AvgIpc) is 2.87. The molecule has 0 bridgehead atoms. The van der Waals surface area contributed by atoms with Crippen molar-refractivity contribution < 1.29 is 23.9 Å². The molecule has 2 unspecified atom stereocenters. The number of methoxy groups -OCH3 is 1. The summed E-state index contributed by atoms with van der Waals surface area (Å²) < 4.78 is 10.7. The van der Waals surface area contributed by atoms with Gasteiger partial charge in [0.1, 0.15) is 5.75 Å². The lowest BCUT2D eigenvalue weighted by Crippen LogP contribution is -2.34. The molecule has 9 heteroatoms. The first kappa shape index (κ1) is 23.3. The SMILES string of the molecule is COc1ccc(CNC(=O)C(OC(=O)CC2Sc3ccccc3NC2=O)c2cccnc2)cc1. The molecule has 3 aromatic rings. The number of carbonyl (C=O) groups is 3. The van der Waals surface area contributed by atoms with Gasteiger partial charge in [-0.05, 0) is 35.9 Å². The fourth-order valence-corrected chi connectivity index (χ4v) is 4.48. The van der Waals surface area contributed by atoms with Crippen LogP contribution in [0.1, 0.15) is 23.7 Å². The third-order valence-corrected chi connectivity index (χ3v) is 6.43. The molecule has 174 valence electrons. The molecule has 2 aromatic carbocycles. The number of esters is 1. The second kappa shape index (κ2) is 10.8. The van der Waals surface area contributed by atoms with Gasteiger partial charge in [0, 0.05) is 29.4 Å². The summed E-state index contributed by atoms with van der Waals surface area (Å²) in [5, 5.41) is 4.95. The van der Waals surface area contributed by atoms with Crippen LogP contribution in [-0.4, -0.2) is 35.1 Å². The van der Waals surface area contributed by atoms with E-state index in [0.717, 1.165) is 10.5 Å². The first-order chi connectivity index (χ1) is 16.5. The molecule has 8 nitrogen and oxygen atoms in total. The number of fused-ring (bicyclic) bond motifs is 1. The molecule has 2 N–H and O–H groups in total. The summed E-state index contributed by atoms with van der Waals surface area (Å²) in [5.41, 5.74) is 2.02. The molecule has 0 aliphatic carbocycles. The maximum absolute atomic E-state index is 13.0. The molecule has 2 amide bonds. The van der Waals surface area contributed by atoms with E-state index in [2.05, 4.69) is 15.6 Å². The summed E-state index contributed by atoms with van der Waals surface area (Å²) in [4.78, 5) is 43.1. The van der Waals surface area contributed by atoms with Gasteiger partial charge < -0.3 is 20.1 Å². The van der Waals surface area contributed by atoms with Crippen LogP contribution in [0.5, 0.6) is 5.75 Å². The number of carbonyl (C=O) groups excluding carboxylic acids is 3. The number of para-hydroxylation sites is 1. The lowest BCUT2D eigenvalue weighted by atomic mass is 10.1. The van der Waals surface area contributed by atoms with Gasteiger partial charge in [0.05, 0.1) is 24.5 Å². The van der Waals surface area contributed by atoms with Crippen molar-refractivity contribution >= 4 is 35.2 Å². The molecule has 2 heterocycles. The highest BCUT2D eigenvalue weighted by Crippen LogP contribution is 2.37. The molecule has 0 saturated heterocycles. The van der Waals surface area contributed by atoms with Crippen LogP contribution in [0.4, 0.5) is 5.69 Å². The molecule has 1 aliphatic heterocycles. The number of nitrogens with one attached hydrogen (secondary N) is 2. The van der Waals surface area contributed by atoms with Gasteiger partial charge in [0.15, 0.2) is 0 Å². The number of hydrogen-bond acceptors (Lipinski definition) is 7. The number of pyridine rings is 1. The Morgan fingerprint density at radius 3 is 2.65 bits per heavy atom. The van der Waals surface area contributed by atoms with Crippen LogP contribution in [-0.2, 0) is 25.7 Å². The minimum absolute atomic E-state index is 0.173. The van der Waals surface area contributed by atoms with Crippen LogP contribution in [0, 0.1) is 0 Å². The van der Waals surface area contributed by atoms with Crippen molar-refractivity contribution in [2.75, 3.05) is 12.4 Å². The van der Waals surface area contributed by atoms with Gasteiger partial charge in [-0.2, -0.15) is 0 Å². The van der Waals surface area contributed by atoms with Crippen LogP contribution < -0.4 is 15.4 Å². The third-order valence-electron chi connectivity index (χ3n) is 5.16. The molecule has 0 saturated carbocycles. The quantitative estimate of drug-likeness (QED) is 0.478. The summed E-state index contributed by atoms with van der Waals surface area (Å²) in [7, 11) is 1.58. The van der Waals surface area contributed by atoms with Gasteiger partial charge in [0.2, 0.25) is 12.0 Å². The molecule has 1 aliphatic rings. The number of amides is 2. The number of aromatic nitrogens is 1. The molecule has 2 atom stereocenters. The molecule has 4 rings (SSSR count). The standard InChI is InChI=1S/C25H23N3O5S/c1-32-18-10-8-16(9-11-18)14-27-25(31)23(17-5-4-12-26-15-17)33-22(29)13-21-24(30)28-19-6-2-3-7-20(19)34-21/h2-12,15,21,23H,13-14H2,1H3,(H,27,31)(H,28,30). The molecule has 0 spiro atoms. The topological polar surface area (TPSA) is 107 Å². The normalized spacial score (nSPS) is 15.4. The second-order valence-electron chi connectivity index (χ2n) is 7.52. The van der Waals surface area contributed by atoms with E-state index in [9.17, 15) is 14.4 Å². The number of hydrogen-bond donors (Lipinski definition) is 2. The zero-order valence-electron chi connectivity index (χ0n) is 18.4. The first-order valence-electron chi connectivity index (χ1n) is 10.6. The predicted molar refractivity (Wildman–Crippen MR) is 127 cm³/mol. The third kappa shape index (κ3) is 5.74. The largest absolute Gasteiger partial charge is 0.497 e. The highest BCUT2D eigenvalue weighted by atomic mass is 32.2. The number of ether oxygens (including phenoxy) is 2. The van der Waals surface area contributed by atoms with Crippen molar-refractivity contribution in [3.63, 3.8) is 0 Å². The summed E-state index contributed by atoms with van der Waals surface area (Å²) >= 11 is 1.30. The minimum atomic E-state index is -1.19. The number of thioether (sulfide) groups is 1. The predicted octanol–water partition coefficient (Wildman–Crippen LogP) is 3.49. The summed E-state index contributed by atoms with van der Waals surface area (Å²) in [6.45, 7) is 0.245. The molecule has 0 fully saturated rings. The van der Waals surface area contributed by atoms with Crippen LogP contribution in [0.3, 0.4) is 0 Å². The highest BCUT2D eigenvalue weighted by molar-refractivity contribution is 8.01. The average molecular weight is 478 g/mol. The summed E-state index contributed by atoms with van der Waals surface area (Å²) in [6, 6.07) is 18.0. The fourth-order valence-electron chi connectivity index (χ4n) is 3.39. The second-order valence-corrected chi connectivity index (χ2v) is 8.76. The Hall–Kier alpha value is -3.85. The van der Waals surface area contributed by atoms with Crippen molar-refractivity contribution in [2.45, 2.75) is 29.2 Å². The van der Waals surface area contributed by atoms with Crippen molar-refractivity contribution in [1.82, 2.24) is 10.3 Å². The van der Waals surface area contributed by atoms with Crippen molar-refractivity contribution in [1.29, 1.82) is 0 Å². The Kier molecular flexibility index (Phi) is 7.44. The monoisotopic (exact) mass is 477 g/mol. The van der Waals surface area contributed by atoms with E-state index in [1.807, 2.05) is 30.3 Å². The van der Waals surface area contributed by atoms with Gasteiger partial charge in [0.25, 0.3) is 5.91 Å². The Balaban J connectivity index is 1.42. The Bertz CT molecular complexity index is 1170. The van der Waals surface area contributed by atoms with Crippen LogP contribution in [0.2, 0.25) is 0 Å². The number of nitrogens with zero attached hydrogens (tertiary/aromatic N) is 1. The number of anilines is 1. The van der Waals surface area contributed by atoms with Crippen molar-refractivity contribution in [3.8, 4) is 5.75 Å². The zero-order chi connectivity index (χ0) is 23.9. The van der Waals surface area contributed by atoms with E-state index in [-0.39, 0.29) is 18.9 Å². The fraction of sp³-hybridized carbons (Fsp3) is 0.200. The van der Waals surface area contributed by atoms with E-state index in [1.165, 1.54) is 18.0 Å². The summed E-state index contributed by atoms with van der Waals surface area (Å²) in [5.74, 6) is -0.698. The number of rotatable bonds is 8. The Labute approximate surface area is 201 Å². The van der Waals surface area contributed by atoms with Crippen molar-refractivity contribution in [3.05, 3.63) is 84.2 Å². The molecular weight excluding hydrogens is 454 g/mol. The maximum atomic E-state index is 13.0. The van der Waals surface area contributed by atoms with E-state index < -0.39 is 23.2 Å². The van der Waals surface area contributed by atoms with Gasteiger partial charge in [-0.3, -0.25) is 19.4 Å². The van der Waals surface area contributed by atoms with Gasteiger partial charge >= 0.3 is 5.97 Å². The first-order valence-corrected chi connectivity index (χ1v) is 11.5. The van der Waals surface area contributed by atoms with Crippen LogP contribution in [0.15, 0.2) is 78.0 Å². The van der Waals surface area contributed by atoms with Gasteiger partial charge in [-0.15, -0.1) is 11.8 Å². The number of benzene rings is 2. The lowest BCUT2D eigenvalue weighted by Gasteiger charge is -2.24. The van der Waals surface area contributed by atoms with Gasteiger partial charge in [-0.1, -0.05) is 30.3 Å². The smallest absolute Gasteiger partial charge is 0.308 e. The Morgan fingerprint density at radius 2 is 1.91 bits per heavy atom. The highest BCUT2D eigenvalue weighted by Gasteiger charge is 2.32. The van der Waals surface area contributed by atoms with Gasteiger partial charge in [-0.25, -0.2) is 0 Å². The molecular formula is C25H23N3O5S. The Morgan fingerprint density at radius 1 is 1.12 bits per heavy atom. The van der Waals surface area contributed by atoms with Crippen LogP contribution >= 0.6 is 11.8 Å². The molecule has 1 aromatic heterocycles. The zero-order valence-corrected chi connectivity index (χ0v) is 19.2. The van der Waals surface area contributed by atoms with E-state index in [4.69, 9.17) is 9.47 Å². The van der Waals surface area contributed by atoms with Crippen LogP contribution in [0.25, 0.3) is 0 Å². The van der Waals surface area contributed by atoms with E-state index in [0.29, 0.717) is 17.0 Å². The van der Waals surface area contributed by atoms with E-state index >= 15 is 0 Å².